The van der Waals surface area contributed by atoms with Crippen molar-refractivity contribution >= 4 is 17.6 Å². The summed E-state index contributed by atoms with van der Waals surface area (Å²) in [7, 11) is 3.50. The highest BCUT2D eigenvalue weighted by Crippen LogP contribution is 2.28. The van der Waals surface area contributed by atoms with Crippen molar-refractivity contribution in [3.05, 3.63) is 23.9 Å². The lowest BCUT2D eigenvalue weighted by atomic mass is 9.86. The highest BCUT2D eigenvalue weighted by molar-refractivity contribution is 5.89. The fraction of sp³-hybridized carbons (Fsp3) is 0.632. The van der Waals surface area contributed by atoms with Crippen LogP contribution in [0.2, 0.25) is 0 Å². The molecule has 2 aliphatic rings. The zero-order chi connectivity index (χ0) is 18.6. The third-order valence-corrected chi connectivity index (χ3v) is 5.48. The topological polar surface area (TPSA) is 79.3 Å². The normalized spacial score (nSPS) is 19.6. The Hall–Kier alpha value is -2.31. The third-order valence-electron chi connectivity index (χ3n) is 5.48. The Kier molecular flexibility index (Phi) is 5.64. The fourth-order valence-electron chi connectivity index (χ4n) is 3.88. The van der Waals surface area contributed by atoms with Crippen molar-refractivity contribution in [2.24, 2.45) is 7.05 Å². The number of carbonyl (C=O) groups excluding carboxylic acids is 2. The predicted molar refractivity (Wildman–Crippen MR) is 101 cm³/mol. The van der Waals surface area contributed by atoms with Gasteiger partial charge in [0.1, 0.15) is 11.4 Å². The molecule has 7 nitrogen and oxygen atoms in total. The highest BCUT2D eigenvalue weighted by Gasteiger charge is 2.42. The Morgan fingerprint density at radius 1 is 1.27 bits per heavy atom. The smallest absolute Gasteiger partial charge is 0.245 e. The Morgan fingerprint density at radius 3 is 2.62 bits per heavy atom. The highest BCUT2D eigenvalue weighted by atomic mass is 16.2. The number of piperidine rings is 1. The van der Waals surface area contributed by atoms with Crippen LogP contribution >= 0.6 is 0 Å². The summed E-state index contributed by atoms with van der Waals surface area (Å²) in [5.41, 5.74) is 0.556. The molecule has 1 aliphatic heterocycles. The quantitative estimate of drug-likeness (QED) is 0.786. The van der Waals surface area contributed by atoms with Crippen LogP contribution in [-0.4, -0.2) is 52.2 Å². The van der Waals surface area contributed by atoms with Crippen LogP contribution in [0.15, 0.2) is 23.9 Å². The average molecular weight is 359 g/mol. The number of aromatic nitrogens is 2. The third kappa shape index (κ3) is 4.08. The molecule has 26 heavy (non-hydrogen) atoms. The second-order valence-corrected chi connectivity index (χ2v) is 7.33. The number of anilines is 1. The molecule has 0 aromatic carbocycles. The number of allylic oxidation sites excluding steroid dienone is 1. The minimum absolute atomic E-state index is 0.0507. The van der Waals surface area contributed by atoms with Crippen LogP contribution in [-0.2, 0) is 16.6 Å². The number of rotatable bonds is 5. The van der Waals surface area contributed by atoms with Crippen LogP contribution < -0.4 is 10.6 Å². The monoisotopic (exact) mass is 359 g/mol. The SMILES string of the molecule is CNC(=O)C1(Nc2ccn(C)n2)CCN(C(=O)CC2=CCCCC2)CC1. The van der Waals surface area contributed by atoms with Gasteiger partial charge in [-0.05, 0) is 38.5 Å². The van der Waals surface area contributed by atoms with E-state index in [1.807, 2.05) is 24.2 Å². The largest absolute Gasteiger partial charge is 0.357 e. The molecule has 0 unspecified atom stereocenters. The van der Waals surface area contributed by atoms with E-state index in [1.54, 1.807) is 11.7 Å². The number of likely N-dealkylation sites (tertiary alicyclic amines) is 1. The molecule has 2 N–H and O–H groups in total. The van der Waals surface area contributed by atoms with Gasteiger partial charge in [0.05, 0.1) is 0 Å². The van der Waals surface area contributed by atoms with Gasteiger partial charge in [-0.25, -0.2) is 0 Å². The first-order valence-corrected chi connectivity index (χ1v) is 9.48. The summed E-state index contributed by atoms with van der Waals surface area (Å²) in [6.45, 7) is 1.17. The Morgan fingerprint density at radius 2 is 2.04 bits per heavy atom. The van der Waals surface area contributed by atoms with Gasteiger partial charge in [-0.1, -0.05) is 11.6 Å². The lowest BCUT2D eigenvalue weighted by Gasteiger charge is -2.41. The minimum Gasteiger partial charge on any atom is -0.357 e. The number of nitrogens with one attached hydrogen (secondary N) is 2. The molecule has 0 atom stereocenters. The maximum absolute atomic E-state index is 12.6. The molecule has 0 spiro atoms. The van der Waals surface area contributed by atoms with Gasteiger partial charge < -0.3 is 15.5 Å². The molecule has 0 bridgehead atoms. The molecule has 2 heterocycles. The first-order chi connectivity index (χ1) is 12.5. The first-order valence-electron chi connectivity index (χ1n) is 9.48. The number of hydrogen-bond acceptors (Lipinski definition) is 4. The lowest BCUT2D eigenvalue weighted by Crippen LogP contribution is -2.58. The molecule has 0 saturated carbocycles. The molecule has 1 aromatic rings. The van der Waals surface area contributed by atoms with Crippen LogP contribution in [0.3, 0.4) is 0 Å². The second-order valence-electron chi connectivity index (χ2n) is 7.33. The van der Waals surface area contributed by atoms with E-state index in [9.17, 15) is 9.59 Å². The number of amides is 2. The summed E-state index contributed by atoms with van der Waals surface area (Å²) in [6.07, 6.45) is 10.3. The summed E-state index contributed by atoms with van der Waals surface area (Å²) >= 11 is 0. The van der Waals surface area contributed by atoms with Gasteiger partial charge in [0.25, 0.3) is 0 Å². The van der Waals surface area contributed by atoms with E-state index >= 15 is 0 Å². The van der Waals surface area contributed by atoms with Crippen molar-refractivity contribution in [2.45, 2.75) is 50.5 Å². The molecular weight excluding hydrogens is 330 g/mol. The van der Waals surface area contributed by atoms with Gasteiger partial charge in [0.2, 0.25) is 11.8 Å². The molecule has 3 rings (SSSR count). The van der Waals surface area contributed by atoms with E-state index in [0.29, 0.717) is 38.2 Å². The van der Waals surface area contributed by atoms with Gasteiger partial charge in [0, 0.05) is 45.9 Å². The summed E-state index contributed by atoms with van der Waals surface area (Å²) in [6, 6.07) is 1.86. The zero-order valence-electron chi connectivity index (χ0n) is 15.8. The van der Waals surface area contributed by atoms with Crippen molar-refractivity contribution in [1.29, 1.82) is 0 Å². The maximum Gasteiger partial charge on any atom is 0.245 e. The van der Waals surface area contributed by atoms with Gasteiger partial charge in [0.15, 0.2) is 0 Å². The average Bonchev–Trinajstić information content (AvgIpc) is 3.06. The summed E-state index contributed by atoms with van der Waals surface area (Å²) in [5, 5.41) is 10.4. The van der Waals surface area contributed by atoms with E-state index in [4.69, 9.17) is 0 Å². The lowest BCUT2D eigenvalue weighted by molar-refractivity contribution is -0.135. The number of hydrogen-bond donors (Lipinski definition) is 2. The first kappa shape index (κ1) is 18.5. The molecule has 0 radical (unpaired) electrons. The van der Waals surface area contributed by atoms with Crippen LogP contribution in [0.1, 0.15) is 44.9 Å². The summed E-state index contributed by atoms with van der Waals surface area (Å²) in [5.74, 6) is 0.815. The maximum atomic E-state index is 12.6. The van der Waals surface area contributed by atoms with Crippen LogP contribution in [0, 0.1) is 0 Å². The van der Waals surface area contributed by atoms with Crippen molar-refractivity contribution in [1.82, 2.24) is 20.0 Å². The molecule has 142 valence electrons. The summed E-state index contributed by atoms with van der Waals surface area (Å²) in [4.78, 5) is 27.1. The van der Waals surface area contributed by atoms with E-state index < -0.39 is 5.54 Å². The van der Waals surface area contributed by atoms with Gasteiger partial charge in [-0.2, -0.15) is 5.10 Å². The molecule has 1 aromatic heterocycles. The molecule has 1 aliphatic carbocycles. The molecule has 1 saturated heterocycles. The predicted octanol–water partition coefficient (Wildman–Crippen LogP) is 1.83. The standard InChI is InChI=1S/C19H29N5O2/c1-20-18(26)19(21-16-8-11-23(2)22-16)9-12-24(13-10-19)17(25)14-15-6-4-3-5-7-15/h6,8,11H,3-5,7,9-10,12-14H2,1-2H3,(H,20,26)(H,21,22). The van der Waals surface area contributed by atoms with Crippen LogP contribution in [0.5, 0.6) is 0 Å². The minimum atomic E-state index is -0.718. The molecule has 2 amide bonds. The number of likely N-dealkylation sites (N-methyl/N-ethyl adjacent to an activating group) is 1. The van der Waals surface area contributed by atoms with E-state index in [1.165, 1.54) is 18.4 Å². The number of nitrogens with zero attached hydrogens (tertiary/aromatic N) is 3. The molecule has 1 fully saturated rings. The van der Waals surface area contributed by atoms with E-state index in [2.05, 4.69) is 21.8 Å². The van der Waals surface area contributed by atoms with Crippen LogP contribution in [0.4, 0.5) is 5.82 Å². The zero-order valence-corrected chi connectivity index (χ0v) is 15.8. The Labute approximate surface area is 154 Å². The Bertz CT molecular complexity index is 686. The van der Waals surface area contributed by atoms with Crippen molar-refractivity contribution < 1.29 is 9.59 Å². The fourth-order valence-corrected chi connectivity index (χ4v) is 3.88. The number of aryl methyl sites for hydroxylation is 1. The van der Waals surface area contributed by atoms with Crippen LogP contribution in [0.25, 0.3) is 0 Å². The Balaban J connectivity index is 1.63. The second kappa shape index (κ2) is 7.93. The van der Waals surface area contributed by atoms with E-state index in [0.717, 1.165) is 12.8 Å². The molecule has 7 heteroatoms. The van der Waals surface area contributed by atoms with Gasteiger partial charge in [-0.15, -0.1) is 0 Å². The number of carbonyl (C=O) groups is 2. The van der Waals surface area contributed by atoms with E-state index in [-0.39, 0.29) is 11.8 Å². The van der Waals surface area contributed by atoms with Crippen molar-refractivity contribution in [3.63, 3.8) is 0 Å². The van der Waals surface area contributed by atoms with Gasteiger partial charge >= 0.3 is 0 Å². The van der Waals surface area contributed by atoms with Crippen molar-refractivity contribution in [3.8, 4) is 0 Å². The molecular formula is C19H29N5O2. The van der Waals surface area contributed by atoms with Crippen molar-refractivity contribution in [2.75, 3.05) is 25.5 Å². The summed E-state index contributed by atoms with van der Waals surface area (Å²) < 4.78 is 1.70. The van der Waals surface area contributed by atoms with Gasteiger partial charge in [-0.3, -0.25) is 14.3 Å².